The SMILES string of the molecule is O=C(c1ccc2c(c1)OCCCO2)c1ccc(Cl)cn1. The predicted molar refractivity (Wildman–Crippen MR) is 74.7 cm³/mol. The molecule has 0 N–H and O–H groups in total. The zero-order valence-corrected chi connectivity index (χ0v) is 11.4. The van der Waals surface area contributed by atoms with Gasteiger partial charge in [-0.05, 0) is 30.3 Å². The Kier molecular flexibility index (Phi) is 3.56. The van der Waals surface area contributed by atoms with E-state index in [4.69, 9.17) is 21.1 Å². The highest BCUT2D eigenvalue weighted by molar-refractivity contribution is 6.30. The average molecular weight is 290 g/mol. The molecule has 2 aromatic rings. The highest BCUT2D eigenvalue weighted by Gasteiger charge is 2.16. The zero-order chi connectivity index (χ0) is 13.9. The van der Waals surface area contributed by atoms with Crippen molar-refractivity contribution in [2.24, 2.45) is 0 Å². The van der Waals surface area contributed by atoms with Crippen molar-refractivity contribution >= 4 is 17.4 Å². The molecule has 20 heavy (non-hydrogen) atoms. The molecule has 1 aliphatic rings. The minimum Gasteiger partial charge on any atom is -0.490 e. The van der Waals surface area contributed by atoms with Crippen LogP contribution in [-0.4, -0.2) is 24.0 Å². The van der Waals surface area contributed by atoms with Gasteiger partial charge in [-0.25, -0.2) is 0 Å². The maximum absolute atomic E-state index is 12.3. The van der Waals surface area contributed by atoms with Gasteiger partial charge in [-0.1, -0.05) is 11.6 Å². The van der Waals surface area contributed by atoms with E-state index in [-0.39, 0.29) is 5.78 Å². The molecule has 0 saturated heterocycles. The summed E-state index contributed by atoms with van der Waals surface area (Å²) < 4.78 is 11.1. The van der Waals surface area contributed by atoms with E-state index >= 15 is 0 Å². The molecule has 0 bridgehead atoms. The topological polar surface area (TPSA) is 48.4 Å². The first-order valence-corrected chi connectivity index (χ1v) is 6.68. The van der Waals surface area contributed by atoms with Gasteiger partial charge in [0.2, 0.25) is 5.78 Å². The fourth-order valence-electron chi connectivity index (χ4n) is 1.96. The molecular weight excluding hydrogens is 278 g/mol. The van der Waals surface area contributed by atoms with Gasteiger partial charge in [-0.3, -0.25) is 9.78 Å². The van der Waals surface area contributed by atoms with Gasteiger partial charge in [-0.15, -0.1) is 0 Å². The van der Waals surface area contributed by atoms with Crippen molar-refractivity contribution in [3.8, 4) is 11.5 Å². The van der Waals surface area contributed by atoms with Crippen LogP contribution in [0.2, 0.25) is 5.02 Å². The molecule has 2 heterocycles. The van der Waals surface area contributed by atoms with Gasteiger partial charge in [0.05, 0.1) is 18.2 Å². The molecule has 3 rings (SSSR count). The van der Waals surface area contributed by atoms with E-state index in [1.807, 2.05) is 0 Å². The molecule has 4 nitrogen and oxygen atoms in total. The Morgan fingerprint density at radius 3 is 2.65 bits per heavy atom. The fraction of sp³-hybridized carbons (Fsp3) is 0.200. The Labute approximate surface area is 121 Å². The van der Waals surface area contributed by atoms with E-state index < -0.39 is 0 Å². The van der Waals surface area contributed by atoms with Gasteiger partial charge < -0.3 is 9.47 Å². The minimum absolute atomic E-state index is 0.169. The monoisotopic (exact) mass is 289 g/mol. The second-order valence-electron chi connectivity index (χ2n) is 4.40. The second kappa shape index (κ2) is 5.51. The number of carbonyl (C=O) groups is 1. The third kappa shape index (κ3) is 2.60. The minimum atomic E-state index is -0.169. The molecule has 0 radical (unpaired) electrons. The number of hydrogen-bond acceptors (Lipinski definition) is 4. The Balaban J connectivity index is 1.92. The Hall–Kier alpha value is -2.07. The number of benzene rings is 1. The summed E-state index contributed by atoms with van der Waals surface area (Å²) in [5, 5.41) is 0.500. The van der Waals surface area contributed by atoms with Crippen LogP contribution in [-0.2, 0) is 0 Å². The normalized spacial score (nSPS) is 13.7. The molecule has 102 valence electrons. The molecule has 0 unspecified atom stereocenters. The van der Waals surface area contributed by atoms with E-state index in [1.165, 1.54) is 6.20 Å². The van der Waals surface area contributed by atoms with Crippen LogP contribution in [0.1, 0.15) is 22.5 Å². The van der Waals surface area contributed by atoms with Crippen molar-refractivity contribution in [3.05, 3.63) is 52.8 Å². The second-order valence-corrected chi connectivity index (χ2v) is 4.84. The summed E-state index contributed by atoms with van der Waals surface area (Å²) in [6.45, 7) is 1.21. The first kappa shape index (κ1) is 12.9. The first-order valence-electron chi connectivity index (χ1n) is 6.30. The lowest BCUT2D eigenvalue weighted by atomic mass is 10.1. The lowest BCUT2D eigenvalue weighted by molar-refractivity contribution is 0.103. The van der Waals surface area contributed by atoms with Crippen LogP contribution in [0.5, 0.6) is 11.5 Å². The van der Waals surface area contributed by atoms with Crippen molar-refractivity contribution in [1.29, 1.82) is 0 Å². The third-order valence-electron chi connectivity index (χ3n) is 2.97. The molecule has 1 aromatic heterocycles. The summed E-state index contributed by atoms with van der Waals surface area (Å²) in [6.07, 6.45) is 2.29. The van der Waals surface area contributed by atoms with E-state index in [0.29, 0.717) is 41.0 Å². The Morgan fingerprint density at radius 1 is 1.10 bits per heavy atom. The number of ketones is 1. The number of ether oxygens (including phenoxy) is 2. The maximum Gasteiger partial charge on any atom is 0.211 e. The van der Waals surface area contributed by atoms with Crippen LogP contribution in [0, 0.1) is 0 Å². The van der Waals surface area contributed by atoms with Crippen molar-refractivity contribution in [2.75, 3.05) is 13.2 Å². The molecule has 0 spiro atoms. The number of aromatic nitrogens is 1. The van der Waals surface area contributed by atoms with Crippen LogP contribution in [0.15, 0.2) is 36.5 Å². The van der Waals surface area contributed by atoms with Crippen LogP contribution >= 0.6 is 11.6 Å². The lowest BCUT2D eigenvalue weighted by Gasteiger charge is -2.08. The fourth-order valence-corrected chi connectivity index (χ4v) is 2.07. The molecule has 0 fully saturated rings. The summed E-state index contributed by atoms with van der Waals surface area (Å²) in [6, 6.07) is 8.41. The van der Waals surface area contributed by atoms with Gasteiger partial charge in [0.15, 0.2) is 11.5 Å². The van der Waals surface area contributed by atoms with Crippen LogP contribution < -0.4 is 9.47 Å². The summed E-state index contributed by atoms with van der Waals surface area (Å²) in [7, 11) is 0. The number of carbonyl (C=O) groups excluding carboxylic acids is 1. The molecule has 0 atom stereocenters. The summed E-state index contributed by atoms with van der Waals surface area (Å²) in [4.78, 5) is 16.4. The highest BCUT2D eigenvalue weighted by Crippen LogP contribution is 2.31. The highest BCUT2D eigenvalue weighted by atomic mass is 35.5. The molecular formula is C15H12ClNO3. The van der Waals surface area contributed by atoms with Crippen molar-refractivity contribution < 1.29 is 14.3 Å². The van der Waals surface area contributed by atoms with Crippen LogP contribution in [0.25, 0.3) is 0 Å². The number of hydrogen-bond donors (Lipinski definition) is 0. The lowest BCUT2D eigenvalue weighted by Crippen LogP contribution is -2.04. The molecule has 1 aromatic carbocycles. The Morgan fingerprint density at radius 2 is 1.90 bits per heavy atom. The number of fused-ring (bicyclic) bond motifs is 1. The molecule has 0 amide bonds. The third-order valence-corrected chi connectivity index (χ3v) is 3.19. The average Bonchev–Trinajstić information content (AvgIpc) is 2.71. The largest absolute Gasteiger partial charge is 0.490 e. The maximum atomic E-state index is 12.3. The molecule has 0 saturated carbocycles. The van der Waals surface area contributed by atoms with E-state index in [0.717, 1.165) is 6.42 Å². The van der Waals surface area contributed by atoms with Crippen molar-refractivity contribution in [2.45, 2.75) is 6.42 Å². The summed E-state index contributed by atoms with van der Waals surface area (Å²) in [5.74, 6) is 1.10. The van der Waals surface area contributed by atoms with Gasteiger partial charge in [0.25, 0.3) is 0 Å². The van der Waals surface area contributed by atoms with E-state index in [2.05, 4.69) is 4.98 Å². The van der Waals surface area contributed by atoms with E-state index in [9.17, 15) is 4.79 Å². The molecule has 1 aliphatic heterocycles. The van der Waals surface area contributed by atoms with E-state index in [1.54, 1.807) is 30.3 Å². The molecule has 0 aliphatic carbocycles. The van der Waals surface area contributed by atoms with Gasteiger partial charge in [0, 0.05) is 18.2 Å². The zero-order valence-electron chi connectivity index (χ0n) is 10.6. The van der Waals surface area contributed by atoms with Gasteiger partial charge in [0.1, 0.15) is 5.69 Å². The first-order chi connectivity index (χ1) is 9.74. The Bertz CT molecular complexity index is 640. The van der Waals surface area contributed by atoms with Crippen LogP contribution in [0.4, 0.5) is 0 Å². The van der Waals surface area contributed by atoms with Crippen molar-refractivity contribution in [1.82, 2.24) is 4.98 Å². The van der Waals surface area contributed by atoms with Crippen molar-refractivity contribution in [3.63, 3.8) is 0 Å². The quantitative estimate of drug-likeness (QED) is 0.797. The molecule has 5 heteroatoms. The number of pyridine rings is 1. The number of halogens is 1. The van der Waals surface area contributed by atoms with Gasteiger partial charge >= 0.3 is 0 Å². The summed E-state index contributed by atoms with van der Waals surface area (Å²) in [5.41, 5.74) is 0.868. The number of rotatable bonds is 2. The smallest absolute Gasteiger partial charge is 0.211 e. The standard InChI is InChI=1S/C15H12ClNO3/c16-11-3-4-12(17-9-11)15(18)10-2-5-13-14(8-10)20-7-1-6-19-13/h2-5,8-9H,1,6-7H2. The van der Waals surface area contributed by atoms with Gasteiger partial charge in [-0.2, -0.15) is 0 Å². The summed E-state index contributed by atoms with van der Waals surface area (Å²) >= 11 is 5.77. The van der Waals surface area contributed by atoms with Crippen LogP contribution in [0.3, 0.4) is 0 Å². The predicted octanol–water partition coefficient (Wildman–Crippen LogP) is 3.13. The number of nitrogens with zero attached hydrogens (tertiary/aromatic N) is 1.